The Bertz CT molecular complexity index is 736. The van der Waals surface area contributed by atoms with Gasteiger partial charge in [0.25, 0.3) is 0 Å². The van der Waals surface area contributed by atoms with E-state index in [0.29, 0.717) is 16.4 Å². The summed E-state index contributed by atoms with van der Waals surface area (Å²) in [6.07, 6.45) is -5.07. The van der Waals surface area contributed by atoms with Crippen LogP contribution in [0.5, 0.6) is 0 Å². The lowest BCUT2D eigenvalue weighted by molar-refractivity contribution is -0.283. The number of hydrazone groups is 1. The van der Waals surface area contributed by atoms with E-state index >= 15 is 0 Å². The first-order valence-electron chi connectivity index (χ1n) is 6.55. The molecule has 0 aliphatic rings. The predicted molar refractivity (Wildman–Crippen MR) is 84.7 cm³/mol. The van der Waals surface area contributed by atoms with Crippen LogP contribution in [0.4, 0.5) is 24.5 Å². The number of hydrogen-bond acceptors (Lipinski definition) is 4. The summed E-state index contributed by atoms with van der Waals surface area (Å²) in [5.41, 5.74) is 2.88. The van der Waals surface area contributed by atoms with Crippen molar-refractivity contribution in [2.75, 3.05) is 10.7 Å². The van der Waals surface area contributed by atoms with Gasteiger partial charge in [-0.15, -0.1) is 18.3 Å². The molecule has 5 nitrogen and oxygen atoms in total. The molecule has 0 aromatic heterocycles. The summed E-state index contributed by atoms with van der Waals surface area (Å²) in [7, 11) is 0. The Morgan fingerprint density at radius 2 is 1.71 bits per heavy atom. The largest absolute Gasteiger partial charge is 0.574 e. The molecular weight excluding hydrogens is 347 g/mol. The minimum atomic E-state index is -5.07. The normalized spacial score (nSPS) is 11.8. The average Bonchev–Trinajstić information content (AvgIpc) is 2.51. The molecule has 2 aromatic rings. The summed E-state index contributed by atoms with van der Waals surface area (Å²) in [4.78, 5) is 11.9. The van der Waals surface area contributed by atoms with Crippen molar-refractivity contribution in [3.8, 4) is 0 Å². The van der Waals surface area contributed by atoms with Crippen molar-refractivity contribution < 1.29 is 22.7 Å². The highest BCUT2D eigenvalue weighted by atomic mass is 35.5. The van der Waals surface area contributed by atoms with Crippen molar-refractivity contribution >= 4 is 34.8 Å². The van der Waals surface area contributed by atoms with Crippen LogP contribution in [-0.4, -0.2) is 18.2 Å². The Kier molecular flexibility index (Phi) is 5.64. The molecule has 0 aliphatic heterocycles. The predicted octanol–water partition coefficient (Wildman–Crippen LogP) is 4.24. The zero-order valence-electron chi connectivity index (χ0n) is 12.0. The first-order chi connectivity index (χ1) is 11.3. The number of nitrogens with zero attached hydrogens (tertiary/aromatic N) is 1. The average molecular weight is 358 g/mol. The van der Waals surface area contributed by atoms with Gasteiger partial charge in [0.2, 0.25) is 0 Å². The summed E-state index contributed by atoms with van der Waals surface area (Å²) in [5, 5.41) is 5.97. The molecule has 126 valence electrons. The van der Waals surface area contributed by atoms with E-state index < -0.39 is 18.2 Å². The van der Waals surface area contributed by atoms with Crippen molar-refractivity contribution in [2.24, 2.45) is 5.10 Å². The van der Waals surface area contributed by atoms with Crippen LogP contribution in [0.3, 0.4) is 0 Å². The monoisotopic (exact) mass is 357 g/mol. The molecule has 0 saturated heterocycles. The maximum Gasteiger partial charge on any atom is 0.574 e. The number of anilines is 2. The highest BCUT2D eigenvalue weighted by Crippen LogP contribution is 2.19. The molecular formula is C15H11ClF3N3O2. The number of halogens is 4. The molecule has 0 heterocycles. The molecule has 0 aliphatic carbocycles. The fourth-order valence-corrected chi connectivity index (χ4v) is 1.80. The maximum atomic E-state index is 12.5. The molecule has 0 unspecified atom stereocenters. The van der Waals surface area contributed by atoms with Gasteiger partial charge in [-0.25, -0.2) is 0 Å². The number of alkyl halides is 3. The molecule has 2 rings (SSSR count). The number of benzene rings is 2. The van der Waals surface area contributed by atoms with E-state index in [9.17, 15) is 18.0 Å². The van der Waals surface area contributed by atoms with E-state index in [1.807, 2.05) is 0 Å². The van der Waals surface area contributed by atoms with Gasteiger partial charge in [0, 0.05) is 10.7 Å². The lowest BCUT2D eigenvalue weighted by atomic mass is 10.3. The number of nitrogens with one attached hydrogen (secondary N) is 2. The first-order valence-corrected chi connectivity index (χ1v) is 6.93. The quantitative estimate of drug-likeness (QED) is 0.490. The second-order valence-corrected chi connectivity index (χ2v) is 4.84. The standard InChI is InChI=1S/C15H11ClF3N3O2/c16-10-5-4-8-12(9-10)21-22-14(24-15(17,18)19)13(23)20-11-6-2-1-3-7-11/h1-9,21H,(H,20,23). The fraction of sp³-hybridized carbons (Fsp3) is 0.0667. The van der Waals surface area contributed by atoms with Gasteiger partial charge in [-0.2, -0.15) is 0 Å². The zero-order valence-corrected chi connectivity index (χ0v) is 12.7. The second kappa shape index (κ2) is 7.69. The Labute approximate surface area is 140 Å². The molecule has 0 saturated carbocycles. The van der Waals surface area contributed by atoms with E-state index in [-0.39, 0.29) is 0 Å². The number of carbonyl (C=O) groups excluding carboxylic acids is 1. The van der Waals surface area contributed by atoms with Crippen LogP contribution in [0.25, 0.3) is 0 Å². The van der Waals surface area contributed by atoms with Gasteiger partial charge in [0.15, 0.2) is 0 Å². The van der Waals surface area contributed by atoms with Crippen molar-refractivity contribution in [1.29, 1.82) is 0 Å². The Morgan fingerprint density at radius 3 is 2.33 bits per heavy atom. The summed E-state index contributed by atoms with van der Waals surface area (Å²) < 4.78 is 41.1. The molecule has 9 heteroatoms. The van der Waals surface area contributed by atoms with Crippen LogP contribution in [-0.2, 0) is 9.53 Å². The van der Waals surface area contributed by atoms with Crippen LogP contribution >= 0.6 is 11.6 Å². The van der Waals surface area contributed by atoms with Gasteiger partial charge >= 0.3 is 18.2 Å². The van der Waals surface area contributed by atoms with Gasteiger partial charge in [-0.05, 0) is 30.3 Å². The van der Waals surface area contributed by atoms with Crippen molar-refractivity contribution in [3.63, 3.8) is 0 Å². The lowest BCUT2D eigenvalue weighted by Crippen LogP contribution is -2.31. The molecule has 2 aromatic carbocycles. The molecule has 0 radical (unpaired) electrons. The van der Waals surface area contributed by atoms with E-state index in [2.05, 4.69) is 20.6 Å². The van der Waals surface area contributed by atoms with E-state index in [0.717, 1.165) is 0 Å². The maximum absolute atomic E-state index is 12.5. The molecule has 0 atom stereocenters. The minimum absolute atomic E-state index is 0.290. The first kappa shape index (κ1) is 17.6. The summed E-state index contributed by atoms with van der Waals surface area (Å²) >= 11 is 5.76. The molecule has 24 heavy (non-hydrogen) atoms. The smallest absolute Gasteiger partial charge is 0.381 e. The number of hydrogen-bond donors (Lipinski definition) is 2. The number of ether oxygens (including phenoxy) is 1. The number of amides is 1. The summed E-state index contributed by atoms with van der Waals surface area (Å²) in [6.45, 7) is 0. The summed E-state index contributed by atoms with van der Waals surface area (Å²) in [5.74, 6) is -2.35. The van der Waals surface area contributed by atoms with Gasteiger partial charge in [0.1, 0.15) is 0 Å². The van der Waals surface area contributed by atoms with E-state index in [4.69, 9.17) is 11.6 Å². The Hall–Kier alpha value is -2.74. The molecule has 1 amide bonds. The number of para-hydroxylation sites is 1. The molecule has 2 N–H and O–H groups in total. The molecule has 0 spiro atoms. The van der Waals surface area contributed by atoms with Gasteiger partial charge < -0.3 is 10.1 Å². The van der Waals surface area contributed by atoms with E-state index in [1.54, 1.807) is 30.3 Å². The van der Waals surface area contributed by atoms with Crippen molar-refractivity contribution in [3.05, 3.63) is 59.6 Å². The van der Waals surface area contributed by atoms with Crippen molar-refractivity contribution in [2.45, 2.75) is 6.36 Å². The SMILES string of the molecule is O=C(Nc1ccccc1)C(=NNc1cccc(Cl)c1)OC(F)(F)F. The van der Waals surface area contributed by atoms with Crippen LogP contribution in [0.1, 0.15) is 0 Å². The third-order valence-electron chi connectivity index (χ3n) is 2.55. The highest BCUT2D eigenvalue weighted by Gasteiger charge is 2.35. The topological polar surface area (TPSA) is 62.7 Å². The van der Waals surface area contributed by atoms with E-state index in [1.165, 1.54) is 24.3 Å². The third kappa shape index (κ3) is 5.81. The van der Waals surface area contributed by atoms with Crippen LogP contribution in [0.2, 0.25) is 5.02 Å². The minimum Gasteiger partial charge on any atom is -0.381 e. The zero-order chi connectivity index (χ0) is 17.6. The second-order valence-electron chi connectivity index (χ2n) is 4.41. The highest BCUT2D eigenvalue weighted by molar-refractivity contribution is 6.39. The van der Waals surface area contributed by atoms with Crippen LogP contribution < -0.4 is 10.7 Å². The Balaban J connectivity index is 2.17. The van der Waals surface area contributed by atoms with Gasteiger partial charge in [0.05, 0.1) is 5.69 Å². The fourth-order valence-electron chi connectivity index (χ4n) is 1.61. The molecule has 0 fully saturated rings. The van der Waals surface area contributed by atoms with Gasteiger partial charge in [-0.3, -0.25) is 10.2 Å². The van der Waals surface area contributed by atoms with Crippen LogP contribution in [0, 0.1) is 0 Å². The Morgan fingerprint density at radius 1 is 1.04 bits per heavy atom. The van der Waals surface area contributed by atoms with Crippen LogP contribution in [0.15, 0.2) is 59.7 Å². The van der Waals surface area contributed by atoms with Gasteiger partial charge in [-0.1, -0.05) is 35.9 Å². The number of carbonyl (C=O) groups is 1. The third-order valence-corrected chi connectivity index (χ3v) is 2.78. The lowest BCUT2D eigenvalue weighted by Gasteiger charge is -2.12. The number of rotatable bonds is 3. The molecule has 0 bridgehead atoms. The summed E-state index contributed by atoms with van der Waals surface area (Å²) in [6, 6.07) is 14.0. The van der Waals surface area contributed by atoms with Crippen molar-refractivity contribution in [1.82, 2.24) is 0 Å².